The number of amides is 1. The molecule has 4 aromatic rings. The maximum absolute atomic E-state index is 14.7. The van der Waals surface area contributed by atoms with Crippen molar-refractivity contribution in [1.29, 1.82) is 0 Å². The minimum absolute atomic E-state index is 0.0310. The first-order valence-corrected chi connectivity index (χ1v) is 15.8. The van der Waals surface area contributed by atoms with Crippen LogP contribution in [0.4, 0.5) is 24.5 Å². The average molecular weight is 583 g/mol. The summed E-state index contributed by atoms with van der Waals surface area (Å²) in [6.07, 6.45) is -4.95. The van der Waals surface area contributed by atoms with Crippen molar-refractivity contribution in [3.63, 3.8) is 0 Å². The molecule has 0 radical (unpaired) electrons. The standard InChI is InChI=1S/C29H23BrF3N2OP/c1-21(36)35-26-18-19-27(34-2)28(29(31,32)33)25(26)20-37(30,22-12-6-3-7-13-22,23-14-8-4-9-15-23)24-16-10-5-11-17-24/h3-19H,20H2,1H3,(H,35,36). The van der Waals surface area contributed by atoms with E-state index in [9.17, 15) is 18.0 Å². The third kappa shape index (κ3) is 4.80. The minimum atomic E-state index is -4.82. The van der Waals surface area contributed by atoms with E-state index in [0.717, 1.165) is 22.0 Å². The Kier molecular flexibility index (Phi) is 7.28. The molecule has 0 saturated heterocycles. The zero-order valence-electron chi connectivity index (χ0n) is 19.8. The number of alkyl halides is 3. The molecule has 0 saturated carbocycles. The predicted octanol–water partition coefficient (Wildman–Crippen LogP) is 7.55. The monoisotopic (exact) mass is 582 g/mol. The molecule has 0 bridgehead atoms. The number of hydrogen-bond donors (Lipinski definition) is 1. The molecule has 1 N–H and O–H groups in total. The van der Waals surface area contributed by atoms with Crippen LogP contribution in [0.5, 0.6) is 0 Å². The molecule has 4 rings (SSSR count). The molecule has 0 unspecified atom stereocenters. The fraction of sp³-hybridized carbons (Fsp3) is 0.103. The summed E-state index contributed by atoms with van der Waals surface area (Å²) in [6, 6.07) is 30.7. The number of nitrogens with one attached hydrogen (secondary N) is 1. The van der Waals surface area contributed by atoms with Gasteiger partial charge in [-0.2, -0.15) is 0 Å². The van der Waals surface area contributed by atoms with Gasteiger partial charge in [-0.05, 0) is 0 Å². The molecule has 0 aliphatic carbocycles. The van der Waals surface area contributed by atoms with E-state index >= 15 is 0 Å². The number of carbonyl (C=O) groups excluding carboxylic acids is 1. The first kappa shape index (κ1) is 26.6. The molecular weight excluding hydrogens is 560 g/mol. The van der Waals surface area contributed by atoms with E-state index < -0.39 is 28.6 Å². The first-order chi connectivity index (χ1) is 17.6. The van der Waals surface area contributed by atoms with Crippen molar-refractivity contribution in [1.82, 2.24) is 0 Å². The fourth-order valence-electron chi connectivity index (χ4n) is 4.75. The molecule has 8 heteroatoms. The Balaban J connectivity index is 2.20. The van der Waals surface area contributed by atoms with Crippen molar-refractivity contribution in [2.24, 2.45) is 0 Å². The maximum atomic E-state index is 14.7. The zero-order valence-corrected chi connectivity index (χ0v) is 22.3. The summed E-state index contributed by atoms with van der Waals surface area (Å²) >= 11 is 4.18. The third-order valence-electron chi connectivity index (χ3n) is 6.34. The Morgan fingerprint density at radius 3 is 1.62 bits per heavy atom. The summed E-state index contributed by atoms with van der Waals surface area (Å²) in [5, 5.41) is 1.19. The van der Waals surface area contributed by atoms with Crippen LogP contribution in [0.3, 0.4) is 0 Å². The van der Waals surface area contributed by atoms with Gasteiger partial charge < -0.3 is 0 Å². The Morgan fingerprint density at radius 2 is 1.27 bits per heavy atom. The molecule has 4 aromatic carbocycles. The van der Waals surface area contributed by atoms with Crippen LogP contribution in [0.25, 0.3) is 4.85 Å². The van der Waals surface area contributed by atoms with E-state index in [4.69, 9.17) is 6.57 Å². The van der Waals surface area contributed by atoms with Gasteiger partial charge in [0.2, 0.25) is 0 Å². The van der Waals surface area contributed by atoms with Crippen molar-refractivity contribution in [2.45, 2.75) is 19.3 Å². The van der Waals surface area contributed by atoms with E-state index in [2.05, 4.69) is 25.7 Å². The van der Waals surface area contributed by atoms with Gasteiger partial charge in [0, 0.05) is 0 Å². The van der Waals surface area contributed by atoms with Crippen molar-refractivity contribution >= 4 is 54.0 Å². The van der Waals surface area contributed by atoms with E-state index in [1.807, 2.05) is 91.0 Å². The van der Waals surface area contributed by atoms with Gasteiger partial charge in [-0.3, -0.25) is 0 Å². The molecule has 0 aliphatic heterocycles. The molecule has 188 valence electrons. The summed E-state index contributed by atoms with van der Waals surface area (Å²) in [4.78, 5) is 15.3. The average Bonchev–Trinajstić information content (AvgIpc) is 2.90. The number of benzene rings is 4. The second-order valence-corrected chi connectivity index (χ2v) is 17.6. The quantitative estimate of drug-likeness (QED) is 0.185. The van der Waals surface area contributed by atoms with E-state index in [1.54, 1.807) is 0 Å². The van der Waals surface area contributed by atoms with Crippen LogP contribution in [0.15, 0.2) is 103 Å². The molecule has 0 heterocycles. The summed E-state index contributed by atoms with van der Waals surface area (Å²) in [6.45, 7) is 8.73. The van der Waals surface area contributed by atoms with Gasteiger partial charge in [0.25, 0.3) is 0 Å². The van der Waals surface area contributed by atoms with E-state index in [0.29, 0.717) is 0 Å². The molecule has 0 aromatic heterocycles. The number of carbonyl (C=O) groups is 1. The van der Waals surface area contributed by atoms with E-state index in [1.165, 1.54) is 13.0 Å². The molecule has 0 fully saturated rings. The van der Waals surface area contributed by atoms with Crippen LogP contribution >= 0.6 is 20.8 Å². The summed E-state index contributed by atoms with van der Waals surface area (Å²) in [5.74, 6) is -0.501. The molecule has 0 atom stereocenters. The number of halogens is 4. The van der Waals surface area contributed by atoms with Gasteiger partial charge in [0.1, 0.15) is 0 Å². The van der Waals surface area contributed by atoms with Gasteiger partial charge in [0.15, 0.2) is 0 Å². The number of rotatable bonds is 6. The van der Waals surface area contributed by atoms with E-state index in [-0.39, 0.29) is 17.4 Å². The second kappa shape index (κ2) is 10.1. The Morgan fingerprint density at radius 1 is 0.838 bits per heavy atom. The number of hydrogen-bond acceptors (Lipinski definition) is 1. The zero-order chi connectivity index (χ0) is 26.7. The van der Waals surface area contributed by atoms with Crippen LogP contribution in [-0.4, -0.2) is 5.91 Å². The topological polar surface area (TPSA) is 33.5 Å². The fourth-order valence-corrected chi connectivity index (χ4v) is 12.4. The van der Waals surface area contributed by atoms with Crippen molar-refractivity contribution in [3.05, 3.63) is 126 Å². The Labute approximate surface area is 221 Å². The van der Waals surface area contributed by atoms with Gasteiger partial charge in [-0.15, -0.1) is 0 Å². The molecular formula is C29H23BrF3N2OP. The van der Waals surface area contributed by atoms with Gasteiger partial charge >= 0.3 is 222 Å². The first-order valence-electron chi connectivity index (χ1n) is 11.4. The number of nitrogens with zero attached hydrogens (tertiary/aromatic N) is 1. The van der Waals surface area contributed by atoms with Gasteiger partial charge in [-0.1, -0.05) is 0 Å². The van der Waals surface area contributed by atoms with Crippen LogP contribution in [-0.2, 0) is 17.1 Å². The van der Waals surface area contributed by atoms with Crippen LogP contribution in [0.2, 0.25) is 0 Å². The SMILES string of the molecule is [C-]#[N+]c1ccc(NC(C)=O)c(CP(Br)(c2ccccc2)(c2ccccc2)c2ccccc2)c1C(F)(F)F. The van der Waals surface area contributed by atoms with Gasteiger partial charge in [-0.25, -0.2) is 0 Å². The molecule has 0 spiro atoms. The van der Waals surface area contributed by atoms with Crippen molar-refractivity contribution in [2.75, 3.05) is 5.32 Å². The summed E-state index contributed by atoms with van der Waals surface area (Å²) in [5.41, 5.74) is -1.65. The predicted molar refractivity (Wildman–Crippen MR) is 150 cm³/mol. The number of anilines is 1. The Hall–Kier alpha value is -3.46. The third-order valence-corrected chi connectivity index (χ3v) is 15.8. The van der Waals surface area contributed by atoms with Crippen LogP contribution < -0.4 is 21.2 Å². The molecule has 3 nitrogen and oxygen atoms in total. The summed E-state index contributed by atoms with van der Waals surface area (Å²) in [7, 11) is 0. The Bertz CT molecular complexity index is 1370. The van der Waals surface area contributed by atoms with Crippen LogP contribution in [0, 0.1) is 6.57 Å². The van der Waals surface area contributed by atoms with Gasteiger partial charge in [0.05, 0.1) is 0 Å². The van der Waals surface area contributed by atoms with Crippen LogP contribution in [0.1, 0.15) is 18.1 Å². The molecule has 1 amide bonds. The normalized spacial score (nSPS) is 12.7. The summed E-state index contributed by atoms with van der Waals surface area (Å²) < 4.78 is 44.0. The van der Waals surface area contributed by atoms with Crippen molar-refractivity contribution < 1.29 is 18.0 Å². The molecule has 0 aliphatic rings. The second-order valence-electron chi connectivity index (χ2n) is 8.62. The van der Waals surface area contributed by atoms with Crippen molar-refractivity contribution in [3.8, 4) is 0 Å². The molecule has 37 heavy (non-hydrogen) atoms.